The molecule has 0 aliphatic carbocycles. The van der Waals surface area contributed by atoms with Gasteiger partial charge in [-0.05, 0) is 66.6 Å². The van der Waals surface area contributed by atoms with Crippen molar-refractivity contribution < 1.29 is 4.79 Å². The number of nitrogens with one attached hydrogen (secondary N) is 1. The summed E-state index contributed by atoms with van der Waals surface area (Å²) in [6, 6.07) is 29.2. The molecule has 4 nitrogen and oxygen atoms in total. The summed E-state index contributed by atoms with van der Waals surface area (Å²) in [7, 11) is 0. The number of carbonyl (C=O) groups excluding carboxylic acids is 1. The molecule has 0 saturated heterocycles. The molecule has 0 aliphatic rings. The molecule has 0 radical (unpaired) electrons. The van der Waals surface area contributed by atoms with Crippen molar-refractivity contribution >= 4 is 23.7 Å². The molecule has 1 N–H and O–H groups in total. The van der Waals surface area contributed by atoms with E-state index < -0.39 is 0 Å². The van der Waals surface area contributed by atoms with Crippen molar-refractivity contribution in [2.45, 2.75) is 6.92 Å². The van der Waals surface area contributed by atoms with Crippen molar-refractivity contribution in [3.63, 3.8) is 0 Å². The zero-order valence-electron chi connectivity index (χ0n) is 16.4. The van der Waals surface area contributed by atoms with Crippen LogP contribution in [-0.4, -0.2) is 16.7 Å². The van der Waals surface area contributed by atoms with Gasteiger partial charge in [0.1, 0.15) is 0 Å². The molecule has 1 aromatic heterocycles. The number of hydrogen-bond acceptors (Lipinski definition) is 2. The van der Waals surface area contributed by atoms with E-state index in [9.17, 15) is 4.79 Å². The van der Waals surface area contributed by atoms with E-state index in [-0.39, 0.29) is 5.91 Å². The first-order chi connectivity index (χ1) is 14.6. The number of amides is 1. The van der Waals surface area contributed by atoms with Gasteiger partial charge in [0.15, 0.2) is 0 Å². The van der Waals surface area contributed by atoms with E-state index in [2.05, 4.69) is 46.3 Å². The van der Waals surface area contributed by atoms with E-state index in [1.807, 2.05) is 42.5 Å². The molecule has 0 atom stereocenters. The van der Waals surface area contributed by atoms with Crippen LogP contribution in [0.25, 0.3) is 16.9 Å². The van der Waals surface area contributed by atoms with E-state index in [4.69, 9.17) is 11.6 Å². The van der Waals surface area contributed by atoms with Gasteiger partial charge in [0, 0.05) is 22.0 Å². The van der Waals surface area contributed by atoms with E-state index in [0.29, 0.717) is 10.6 Å². The average Bonchev–Trinajstić information content (AvgIpc) is 3.16. The summed E-state index contributed by atoms with van der Waals surface area (Å²) in [5, 5.41) is 4.63. The first kappa shape index (κ1) is 19.7. The molecule has 4 rings (SSSR count). The van der Waals surface area contributed by atoms with Gasteiger partial charge in [0.25, 0.3) is 5.91 Å². The number of aryl methyl sites for hydroxylation is 1. The number of aromatic nitrogens is 1. The number of halogens is 1. The van der Waals surface area contributed by atoms with Crippen molar-refractivity contribution in [3.8, 4) is 16.9 Å². The number of hydrogen-bond donors (Lipinski definition) is 1. The number of nitrogens with zero attached hydrogens (tertiary/aromatic N) is 2. The zero-order chi connectivity index (χ0) is 20.9. The number of rotatable bonds is 5. The molecular weight excluding hydrogens is 394 g/mol. The van der Waals surface area contributed by atoms with Gasteiger partial charge in [0.2, 0.25) is 0 Å². The Balaban J connectivity index is 1.51. The molecule has 0 spiro atoms. The quantitative estimate of drug-likeness (QED) is 0.323. The van der Waals surface area contributed by atoms with Crippen molar-refractivity contribution in [2.24, 2.45) is 5.10 Å². The minimum absolute atomic E-state index is 0.271. The lowest BCUT2D eigenvalue weighted by Gasteiger charge is -2.12. The Morgan fingerprint density at radius 2 is 1.70 bits per heavy atom. The minimum Gasteiger partial charge on any atom is -0.314 e. The summed E-state index contributed by atoms with van der Waals surface area (Å²) in [4.78, 5) is 12.4. The normalized spacial score (nSPS) is 11.0. The highest BCUT2D eigenvalue weighted by Crippen LogP contribution is 2.26. The summed E-state index contributed by atoms with van der Waals surface area (Å²) in [6.45, 7) is 2.07. The van der Waals surface area contributed by atoms with Crippen LogP contribution in [0, 0.1) is 6.92 Å². The van der Waals surface area contributed by atoms with Crippen LogP contribution in [0.2, 0.25) is 5.02 Å². The summed E-state index contributed by atoms with van der Waals surface area (Å²) < 4.78 is 2.17. The van der Waals surface area contributed by atoms with Crippen molar-refractivity contribution in [1.29, 1.82) is 0 Å². The van der Waals surface area contributed by atoms with Crippen LogP contribution >= 0.6 is 11.6 Å². The molecule has 0 unspecified atom stereocenters. The van der Waals surface area contributed by atoms with E-state index in [1.54, 1.807) is 30.5 Å². The van der Waals surface area contributed by atoms with E-state index >= 15 is 0 Å². The summed E-state index contributed by atoms with van der Waals surface area (Å²) in [5.41, 5.74) is 8.27. The Bertz CT molecular complexity index is 1190. The van der Waals surface area contributed by atoms with Crippen LogP contribution < -0.4 is 5.43 Å². The second-order valence-electron chi connectivity index (χ2n) is 6.86. The van der Waals surface area contributed by atoms with Crippen molar-refractivity contribution in [1.82, 2.24) is 9.99 Å². The Morgan fingerprint density at radius 3 is 2.43 bits per heavy atom. The highest BCUT2D eigenvalue weighted by molar-refractivity contribution is 6.30. The highest BCUT2D eigenvalue weighted by atomic mass is 35.5. The van der Waals surface area contributed by atoms with E-state index in [0.717, 1.165) is 28.2 Å². The predicted molar refractivity (Wildman–Crippen MR) is 122 cm³/mol. The summed E-state index contributed by atoms with van der Waals surface area (Å²) in [6.07, 6.45) is 1.56. The third-order valence-corrected chi connectivity index (χ3v) is 5.00. The van der Waals surface area contributed by atoms with Gasteiger partial charge in [-0.25, -0.2) is 5.43 Å². The Labute approximate surface area is 180 Å². The van der Waals surface area contributed by atoms with Gasteiger partial charge in [-0.15, -0.1) is 0 Å². The van der Waals surface area contributed by atoms with Crippen LogP contribution in [0.15, 0.2) is 96.1 Å². The lowest BCUT2D eigenvalue weighted by atomic mass is 10.1. The molecule has 1 amide bonds. The number of hydrazone groups is 1. The standard InChI is InChI=1S/C25H20ClN3O/c1-18-10-15-24(20-7-3-2-4-8-20)29(18)23-13-11-21(12-14-23)25(30)28-27-17-19-6-5-9-22(26)16-19/h2-17H,1H3,(H,28,30)/b27-17+. The molecule has 4 aromatic rings. The van der Waals surface area contributed by atoms with Gasteiger partial charge in [0.05, 0.1) is 11.9 Å². The van der Waals surface area contributed by atoms with Gasteiger partial charge in [-0.3, -0.25) is 4.79 Å². The Kier molecular flexibility index (Phi) is 5.77. The lowest BCUT2D eigenvalue weighted by Crippen LogP contribution is -2.17. The van der Waals surface area contributed by atoms with Gasteiger partial charge in [-0.2, -0.15) is 5.10 Å². The largest absolute Gasteiger partial charge is 0.314 e. The maximum absolute atomic E-state index is 12.4. The topological polar surface area (TPSA) is 46.4 Å². The van der Waals surface area contributed by atoms with Crippen molar-refractivity contribution in [2.75, 3.05) is 0 Å². The maximum Gasteiger partial charge on any atom is 0.271 e. The number of carbonyl (C=O) groups is 1. The predicted octanol–water partition coefficient (Wildman–Crippen LogP) is 5.87. The number of benzene rings is 3. The van der Waals surface area contributed by atoms with Gasteiger partial charge >= 0.3 is 0 Å². The molecule has 30 heavy (non-hydrogen) atoms. The third kappa shape index (κ3) is 4.34. The first-order valence-corrected chi connectivity index (χ1v) is 9.93. The molecule has 0 bridgehead atoms. The molecular formula is C25H20ClN3O. The zero-order valence-corrected chi connectivity index (χ0v) is 17.2. The molecule has 0 saturated carbocycles. The Hall–Kier alpha value is -3.63. The SMILES string of the molecule is Cc1ccc(-c2ccccc2)n1-c1ccc(C(=O)N/N=C/c2cccc(Cl)c2)cc1. The van der Waals surface area contributed by atoms with Crippen LogP contribution in [0.1, 0.15) is 21.6 Å². The van der Waals surface area contributed by atoms with Gasteiger partial charge < -0.3 is 4.57 Å². The highest BCUT2D eigenvalue weighted by Gasteiger charge is 2.10. The monoisotopic (exact) mass is 413 g/mol. The summed E-state index contributed by atoms with van der Waals surface area (Å²) >= 11 is 5.95. The molecule has 3 aromatic carbocycles. The molecule has 148 valence electrons. The second-order valence-corrected chi connectivity index (χ2v) is 7.30. The lowest BCUT2D eigenvalue weighted by molar-refractivity contribution is 0.0955. The molecule has 5 heteroatoms. The van der Waals surface area contributed by atoms with Crippen LogP contribution in [0.5, 0.6) is 0 Å². The smallest absolute Gasteiger partial charge is 0.271 e. The Morgan fingerprint density at radius 1 is 0.933 bits per heavy atom. The second kappa shape index (κ2) is 8.80. The van der Waals surface area contributed by atoms with Gasteiger partial charge in [-0.1, -0.05) is 54.1 Å². The molecule has 0 fully saturated rings. The van der Waals surface area contributed by atoms with E-state index in [1.165, 1.54) is 0 Å². The molecule has 1 heterocycles. The van der Waals surface area contributed by atoms with Crippen LogP contribution in [-0.2, 0) is 0 Å². The minimum atomic E-state index is -0.271. The first-order valence-electron chi connectivity index (χ1n) is 9.55. The third-order valence-electron chi connectivity index (χ3n) is 4.76. The fourth-order valence-electron chi connectivity index (χ4n) is 3.29. The maximum atomic E-state index is 12.4. The molecule has 0 aliphatic heterocycles. The fraction of sp³-hybridized carbons (Fsp3) is 0.0400. The average molecular weight is 414 g/mol. The fourth-order valence-corrected chi connectivity index (χ4v) is 3.49. The van der Waals surface area contributed by atoms with Crippen LogP contribution in [0.4, 0.5) is 0 Å². The van der Waals surface area contributed by atoms with Crippen LogP contribution in [0.3, 0.4) is 0 Å². The summed E-state index contributed by atoms with van der Waals surface area (Å²) in [5.74, 6) is -0.271. The van der Waals surface area contributed by atoms with Crippen molar-refractivity contribution in [3.05, 3.63) is 113 Å².